The largest absolute Gasteiger partial charge is 0.316 e. The molecule has 0 saturated carbocycles. The molecule has 4 nitrogen and oxygen atoms in total. The van der Waals surface area contributed by atoms with E-state index in [1.165, 1.54) is 0 Å². The van der Waals surface area contributed by atoms with Crippen molar-refractivity contribution in [2.45, 2.75) is 52.4 Å². The van der Waals surface area contributed by atoms with Crippen molar-refractivity contribution in [3.05, 3.63) is 130 Å². The average molecular weight is 624 g/mol. The number of aryl methyl sites for hydroxylation is 2. The number of hydrogen-bond donors (Lipinski definition) is 0. The monoisotopic (exact) mass is 622 g/mol. The molecule has 0 atom stereocenters. The Morgan fingerprint density at radius 3 is 1.27 bits per heavy atom. The second-order valence-electron chi connectivity index (χ2n) is 10.9. The normalized spacial score (nSPS) is 11.0. The number of nitrogens with zero attached hydrogens (tertiary/aromatic N) is 2. The molecule has 0 bridgehead atoms. The van der Waals surface area contributed by atoms with Gasteiger partial charge in [-0.3, -0.25) is 9.59 Å². The number of carbonyl (C=O) groups excluding carboxylic acids is 2. The van der Waals surface area contributed by atoms with E-state index < -0.39 is 0 Å². The summed E-state index contributed by atoms with van der Waals surface area (Å²) in [5.74, 6) is 0. The van der Waals surface area contributed by atoms with Crippen molar-refractivity contribution in [3.63, 3.8) is 0 Å². The van der Waals surface area contributed by atoms with Crippen LogP contribution in [0, 0.1) is 0 Å². The van der Waals surface area contributed by atoms with Crippen molar-refractivity contribution in [2.75, 3.05) is 0 Å². The molecule has 6 rings (SSSR count). The van der Waals surface area contributed by atoms with Crippen molar-refractivity contribution < 1.29 is 9.59 Å². The highest BCUT2D eigenvalue weighted by atomic mass is 35.5. The van der Waals surface area contributed by atoms with Crippen LogP contribution in [0.3, 0.4) is 0 Å². The van der Waals surface area contributed by atoms with E-state index in [0.29, 0.717) is 0 Å². The van der Waals surface area contributed by atoms with Crippen molar-refractivity contribution in [2.24, 2.45) is 0 Å². The summed E-state index contributed by atoms with van der Waals surface area (Å²) in [5.41, 5.74) is 10.5. The van der Waals surface area contributed by atoms with Crippen molar-refractivity contribution in [1.82, 2.24) is 8.80 Å². The summed E-state index contributed by atoms with van der Waals surface area (Å²) in [5, 5.41) is 1.47. The maximum absolute atomic E-state index is 11.3. The zero-order valence-corrected chi connectivity index (χ0v) is 26.6. The topological polar surface area (TPSA) is 43.0 Å². The number of hydrogen-bond acceptors (Lipinski definition) is 2. The zero-order valence-electron chi connectivity index (χ0n) is 25.1. The predicted molar refractivity (Wildman–Crippen MR) is 184 cm³/mol. The van der Waals surface area contributed by atoms with Crippen LogP contribution in [0.15, 0.2) is 97.3 Å². The van der Waals surface area contributed by atoms with E-state index in [2.05, 4.69) is 46.9 Å². The summed E-state index contributed by atoms with van der Waals surface area (Å²) in [7, 11) is 0. The van der Waals surface area contributed by atoms with E-state index in [4.69, 9.17) is 23.2 Å². The second kappa shape index (κ2) is 14.6. The fraction of sp³-hybridized carbons (Fsp3) is 0.211. The average Bonchev–Trinajstić information content (AvgIpc) is 3.68. The molecule has 4 aromatic heterocycles. The van der Waals surface area contributed by atoms with Gasteiger partial charge in [-0.1, -0.05) is 74.2 Å². The van der Waals surface area contributed by atoms with Gasteiger partial charge in [0.05, 0.1) is 11.4 Å². The lowest BCUT2D eigenvalue weighted by atomic mass is 10.0. The molecular formula is C38H36Cl2N2O2. The van der Waals surface area contributed by atoms with Gasteiger partial charge in [-0.2, -0.15) is 0 Å². The quantitative estimate of drug-likeness (QED) is 0.143. The number of rotatable bonds is 10. The highest BCUT2D eigenvalue weighted by Crippen LogP contribution is 2.29. The van der Waals surface area contributed by atoms with Crippen LogP contribution in [-0.4, -0.2) is 21.4 Å². The van der Waals surface area contributed by atoms with Crippen LogP contribution < -0.4 is 0 Å². The first-order valence-electron chi connectivity index (χ1n) is 15.2. The third-order valence-electron chi connectivity index (χ3n) is 8.05. The molecule has 6 aromatic rings. The van der Waals surface area contributed by atoms with E-state index in [0.717, 1.165) is 117 Å². The smallest absolute Gasteiger partial charge is 0.150 e. The van der Waals surface area contributed by atoms with Gasteiger partial charge < -0.3 is 8.80 Å². The molecule has 0 N–H and O–H groups in total. The van der Waals surface area contributed by atoms with Gasteiger partial charge in [-0.15, -0.1) is 0 Å². The Morgan fingerprint density at radius 1 is 0.545 bits per heavy atom. The van der Waals surface area contributed by atoms with E-state index in [1.54, 1.807) is 0 Å². The third kappa shape index (κ3) is 6.67. The van der Waals surface area contributed by atoms with Crippen LogP contribution in [0.2, 0.25) is 10.0 Å². The molecule has 2 aromatic carbocycles. The van der Waals surface area contributed by atoms with Crippen LogP contribution in [0.25, 0.3) is 33.5 Å². The van der Waals surface area contributed by atoms with Crippen molar-refractivity contribution in [1.29, 1.82) is 0 Å². The second-order valence-corrected chi connectivity index (χ2v) is 11.8. The van der Waals surface area contributed by atoms with Gasteiger partial charge in [0.15, 0.2) is 0 Å². The number of carbonyl (C=O) groups is 2. The molecular weight excluding hydrogens is 587 g/mol. The molecule has 0 aliphatic heterocycles. The molecule has 0 amide bonds. The number of benzene rings is 2. The molecule has 6 heteroatoms. The molecule has 0 saturated heterocycles. The van der Waals surface area contributed by atoms with Gasteiger partial charge in [0.2, 0.25) is 0 Å². The summed E-state index contributed by atoms with van der Waals surface area (Å²) in [6, 6.07) is 27.9. The number of unbranched alkanes of at least 4 members (excludes halogenated alkanes) is 2. The lowest BCUT2D eigenvalue weighted by molar-refractivity contribution is 0.111. The SMILES string of the molecule is CCCCc1c(C=O)ccn2c(-c3ccc(Cl)cc3)ccc12.CCCCc1c(C=O)ccn2c(-c3ccc(Cl)cc3)ccc12. The molecule has 0 aliphatic rings. The standard InChI is InChI=1S/2C19H18ClNO/c2*1-2-3-4-17-15(13-22)11-12-21-18(9-10-19(17)21)14-5-7-16(20)8-6-14/h2*5-13H,2-4H2,1H3. The van der Waals surface area contributed by atoms with Crippen LogP contribution >= 0.6 is 23.2 Å². The number of halogens is 2. The summed E-state index contributed by atoms with van der Waals surface area (Å²) < 4.78 is 4.31. The summed E-state index contributed by atoms with van der Waals surface area (Å²) in [4.78, 5) is 22.6. The van der Waals surface area contributed by atoms with Crippen LogP contribution in [0.4, 0.5) is 0 Å². The van der Waals surface area contributed by atoms with Gasteiger partial charge in [0.1, 0.15) is 12.6 Å². The lowest BCUT2D eigenvalue weighted by Crippen LogP contribution is -1.99. The number of aromatic nitrogens is 2. The Labute approximate surface area is 268 Å². The van der Waals surface area contributed by atoms with Gasteiger partial charge in [-0.25, -0.2) is 0 Å². The van der Waals surface area contributed by atoms with Gasteiger partial charge in [0.25, 0.3) is 0 Å². The van der Waals surface area contributed by atoms with E-state index in [1.807, 2.05) is 73.1 Å². The number of fused-ring (bicyclic) bond motifs is 2. The first-order chi connectivity index (χ1) is 21.5. The maximum Gasteiger partial charge on any atom is 0.150 e. The van der Waals surface area contributed by atoms with E-state index in [-0.39, 0.29) is 0 Å². The lowest BCUT2D eigenvalue weighted by Gasteiger charge is -2.10. The Kier molecular flexibility index (Phi) is 10.4. The summed E-state index contributed by atoms with van der Waals surface area (Å²) in [6.45, 7) is 4.33. The molecule has 0 aliphatic carbocycles. The molecule has 224 valence electrons. The van der Waals surface area contributed by atoms with E-state index in [9.17, 15) is 9.59 Å². The zero-order chi connectivity index (χ0) is 31.1. The van der Waals surface area contributed by atoms with Crippen LogP contribution in [0.1, 0.15) is 71.4 Å². The van der Waals surface area contributed by atoms with Gasteiger partial charge in [0, 0.05) is 44.6 Å². The van der Waals surface area contributed by atoms with Gasteiger partial charge >= 0.3 is 0 Å². The summed E-state index contributed by atoms with van der Waals surface area (Å²) >= 11 is 11.9. The summed E-state index contributed by atoms with van der Waals surface area (Å²) in [6.07, 6.45) is 12.1. The van der Waals surface area contributed by atoms with Crippen molar-refractivity contribution in [3.8, 4) is 22.5 Å². The Hall–Kier alpha value is -4.12. The Bertz CT molecular complexity index is 1740. The van der Waals surface area contributed by atoms with Crippen LogP contribution in [-0.2, 0) is 12.8 Å². The molecule has 44 heavy (non-hydrogen) atoms. The number of aldehydes is 2. The van der Waals surface area contributed by atoms with Crippen molar-refractivity contribution >= 4 is 46.8 Å². The first kappa shape index (κ1) is 31.3. The molecule has 0 fully saturated rings. The Morgan fingerprint density at radius 2 is 0.932 bits per heavy atom. The minimum absolute atomic E-state index is 0.733. The Balaban J connectivity index is 0.000000175. The molecule has 0 radical (unpaired) electrons. The van der Waals surface area contributed by atoms with E-state index >= 15 is 0 Å². The fourth-order valence-corrected chi connectivity index (χ4v) is 5.95. The minimum atomic E-state index is 0.733. The molecule has 0 spiro atoms. The van der Waals surface area contributed by atoms with Crippen LogP contribution in [0.5, 0.6) is 0 Å². The molecule has 0 unspecified atom stereocenters. The van der Waals surface area contributed by atoms with Gasteiger partial charge in [-0.05, 0) is 109 Å². The third-order valence-corrected chi connectivity index (χ3v) is 8.56. The predicted octanol–water partition coefficient (Wildman–Crippen LogP) is 10.8. The maximum atomic E-state index is 11.3. The highest BCUT2D eigenvalue weighted by molar-refractivity contribution is 6.30. The minimum Gasteiger partial charge on any atom is -0.316 e. The molecule has 4 heterocycles. The number of pyridine rings is 2. The highest BCUT2D eigenvalue weighted by Gasteiger charge is 2.13. The first-order valence-corrected chi connectivity index (χ1v) is 15.9. The fourth-order valence-electron chi connectivity index (χ4n) is 5.70.